The van der Waals surface area contributed by atoms with Gasteiger partial charge in [-0.25, -0.2) is 4.79 Å². The molecule has 5 nitrogen and oxygen atoms in total. The molecule has 5 heteroatoms. The van der Waals surface area contributed by atoms with Crippen LogP contribution in [0.2, 0.25) is 0 Å². The summed E-state index contributed by atoms with van der Waals surface area (Å²) in [6, 6.07) is 12.3. The lowest BCUT2D eigenvalue weighted by atomic mass is 10.0. The van der Waals surface area contributed by atoms with Crippen molar-refractivity contribution >= 4 is 11.7 Å². The number of carbonyl (C=O) groups is 1. The monoisotopic (exact) mass is 285 g/mol. The average molecular weight is 285 g/mol. The van der Waals surface area contributed by atoms with Crippen molar-refractivity contribution in [1.82, 2.24) is 0 Å². The van der Waals surface area contributed by atoms with Crippen LogP contribution in [0.3, 0.4) is 0 Å². The fourth-order valence-electron chi connectivity index (χ4n) is 2.39. The van der Waals surface area contributed by atoms with Gasteiger partial charge in [0.05, 0.1) is 19.1 Å². The molecule has 0 aliphatic carbocycles. The van der Waals surface area contributed by atoms with E-state index < -0.39 is 5.97 Å². The maximum Gasteiger partial charge on any atom is 0.339 e. The summed E-state index contributed by atoms with van der Waals surface area (Å²) in [5, 5.41) is 9.16. The Morgan fingerprint density at radius 3 is 2.95 bits per heavy atom. The van der Waals surface area contributed by atoms with Gasteiger partial charge in [0.1, 0.15) is 17.1 Å². The Balaban J connectivity index is 1.77. The van der Waals surface area contributed by atoms with E-state index >= 15 is 0 Å². The van der Waals surface area contributed by atoms with Crippen LogP contribution in [0.1, 0.15) is 21.8 Å². The molecule has 1 atom stereocenters. The fraction of sp³-hybridized carbons (Fsp3) is 0.188. The highest BCUT2D eigenvalue weighted by Gasteiger charge is 2.24. The fourth-order valence-corrected chi connectivity index (χ4v) is 2.39. The smallest absolute Gasteiger partial charge is 0.339 e. The Labute approximate surface area is 121 Å². The van der Waals surface area contributed by atoms with Crippen molar-refractivity contribution in [3.63, 3.8) is 0 Å². The maximum absolute atomic E-state index is 11.2. The molecule has 21 heavy (non-hydrogen) atoms. The van der Waals surface area contributed by atoms with Crippen molar-refractivity contribution in [3.05, 3.63) is 53.6 Å². The predicted molar refractivity (Wildman–Crippen MR) is 78.0 cm³/mol. The first-order chi connectivity index (χ1) is 10.1. The third-order valence-electron chi connectivity index (χ3n) is 3.47. The average Bonchev–Trinajstić information content (AvgIpc) is 2.88. The van der Waals surface area contributed by atoms with E-state index in [4.69, 9.17) is 20.3 Å². The van der Waals surface area contributed by atoms with Crippen LogP contribution in [0.5, 0.6) is 11.5 Å². The minimum atomic E-state index is -1.03. The summed E-state index contributed by atoms with van der Waals surface area (Å²) in [6.45, 7) is 0.880. The van der Waals surface area contributed by atoms with Crippen molar-refractivity contribution in [1.29, 1.82) is 0 Å². The van der Waals surface area contributed by atoms with Crippen molar-refractivity contribution < 1.29 is 19.4 Å². The van der Waals surface area contributed by atoms with Gasteiger partial charge in [-0.05, 0) is 18.2 Å². The molecule has 108 valence electrons. The molecule has 0 bridgehead atoms. The summed E-state index contributed by atoms with van der Waals surface area (Å²) in [5.74, 6) is 0.196. The molecule has 0 radical (unpaired) electrons. The molecule has 0 fully saturated rings. The highest BCUT2D eigenvalue weighted by atomic mass is 16.5. The van der Waals surface area contributed by atoms with E-state index in [1.165, 1.54) is 12.1 Å². The number of aromatic carboxylic acids is 1. The predicted octanol–water partition coefficient (Wildman–Crippen LogP) is 2.52. The zero-order valence-corrected chi connectivity index (χ0v) is 11.3. The molecule has 1 aliphatic rings. The van der Waals surface area contributed by atoms with E-state index in [-0.39, 0.29) is 17.2 Å². The molecule has 2 aromatic carbocycles. The molecule has 2 aromatic rings. The number of carboxylic acid groups (broad SMARTS) is 1. The van der Waals surface area contributed by atoms with Gasteiger partial charge in [0, 0.05) is 17.3 Å². The number of rotatable bonds is 4. The second kappa shape index (κ2) is 5.36. The van der Waals surface area contributed by atoms with Crippen molar-refractivity contribution in [2.45, 2.75) is 5.92 Å². The summed E-state index contributed by atoms with van der Waals surface area (Å²) in [7, 11) is 0. The lowest BCUT2D eigenvalue weighted by molar-refractivity contribution is 0.0692. The minimum absolute atomic E-state index is 0.0873. The second-order valence-corrected chi connectivity index (χ2v) is 4.92. The lowest BCUT2D eigenvalue weighted by Crippen LogP contribution is -2.13. The number of hydrogen-bond acceptors (Lipinski definition) is 4. The van der Waals surface area contributed by atoms with E-state index in [9.17, 15) is 4.79 Å². The van der Waals surface area contributed by atoms with Crippen LogP contribution in [-0.2, 0) is 0 Å². The Kier molecular flexibility index (Phi) is 3.39. The topological polar surface area (TPSA) is 81.8 Å². The molecular formula is C16H15NO4. The van der Waals surface area contributed by atoms with Crippen LogP contribution in [0.4, 0.5) is 5.69 Å². The van der Waals surface area contributed by atoms with Crippen LogP contribution in [0.15, 0.2) is 42.5 Å². The largest absolute Gasteiger partial charge is 0.493 e. The minimum Gasteiger partial charge on any atom is -0.493 e. The summed E-state index contributed by atoms with van der Waals surface area (Å²) in [4.78, 5) is 11.2. The van der Waals surface area contributed by atoms with Crippen LogP contribution < -0.4 is 15.2 Å². The van der Waals surface area contributed by atoms with Gasteiger partial charge in [0.2, 0.25) is 0 Å². The van der Waals surface area contributed by atoms with Crippen LogP contribution in [-0.4, -0.2) is 24.3 Å². The zero-order chi connectivity index (χ0) is 14.8. The van der Waals surface area contributed by atoms with Crippen LogP contribution >= 0.6 is 0 Å². The van der Waals surface area contributed by atoms with Gasteiger partial charge in [-0.1, -0.05) is 18.2 Å². The van der Waals surface area contributed by atoms with Crippen molar-refractivity contribution in [2.24, 2.45) is 0 Å². The zero-order valence-electron chi connectivity index (χ0n) is 11.3. The number of nitrogen functional groups attached to an aromatic ring is 1. The number of fused-ring (bicyclic) bond motifs is 1. The van der Waals surface area contributed by atoms with Crippen molar-refractivity contribution in [2.75, 3.05) is 18.9 Å². The third-order valence-corrected chi connectivity index (χ3v) is 3.47. The number of anilines is 1. The quantitative estimate of drug-likeness (QED) is 0.843. The van der Waals surface area contributed by atoms with E-state index in [0.29, 0.717) is 18.9 Å². The van der Waals surface area contributed by atoms with Gasteiger partial charge < -0.3 is 20.3 Å². The first kappa shape index (κ1) is 13.3. The molecule has 1 heterocycles. The molecular weight excluding hydrogens is 270 g/mol. The molecule has 0 amide bonds. The number of benzene rings is 2. The van der Waals surface area contributed by atoms with Gasteiger partial charge in [-0.3, -0.25) is 0 Å². The van der Waals surface area contributed by atoms with Crippen LogP contribution in [0.25, 0.3) is 0 Å². The van der Waals surface area contributed by atoms with Gasteiger partial charge >= 0.3 is 5.97 Å². The molecule has 0 saturated carbocycles. The maximum atomic E-state index is 11.2. The summed E-state index contributed by atoms with van der Waals surface area (Å²) in [5.41, 5.74) is 7.35. The van der Waals surface area contributed by atoms with Crippen LogP contribution in [0, 0.1) is 0 Å². The number of nitrogens with two attached hydrogens (primary N) is 1. The van der Waals surface area contributed by atoms with Gasteiger partial charge in [0.25, 0.3) is 0 Å². The standard InChI is InChI=1S/C16H15NO4/c17-11-5-6-13(16(18)19)15(7-11)21-9-10-8-20-14-4-2-1-3-12(10)14/h1-7,10H,8-9,17H2,(H,18,19). The lowest BCUT2D eigenvalue weighted by Gasteiger charge is -2.13. The second-order valence-electron chi connectivity index (χ2n) is 4.92. The SMILES string of the molecule is Nc1ccc(C(=O)O)c(OCC2COc3ccccc32)c1. The number of carboxylic acids is 1. The molecule has 0 spiro atoms. The first-order valence-corrected chi connectivity index (χ1v) is 6.62. The first-order valence-electron chi connectivity index (χ1n) is 6.62. The summed E-state index contributed by atoms with van der Waals surface area (Å²) >= 11 is 0. The highest BCUT2D eigenvalue weighted by Crippen LogP contribution is 2.34. The molecule has 3 N–H and O–H groups in total. The van der Waals surface area contributed by atoms with E-state index in [2.05, 4.69) is 0 Å². The number of para-hydroxylation sites is 1. The molecule has 0 saturated heterocycles. The van der Waals surface area contributed by atoms with E-state index in [1.807, 2.05) is 24.3 Å². The molecule has 1 unspecified atom stereocenters. The normalized spacial score (nSPS) is 16.1. The summed E-state index contributed by atoms with van der Waals surface area (Å²) < 4.78 is 11.3. The Morgan fingerprint density at radius 1 is 1.33 bits per heavy atom. The highest BCUT2D eigenvalue weighted by molar-refractivity contribution is 5.91. The molecule has 0 aromatic heterocycles. The third kappa shape index (κ3) is 2.63. The van der Waals surface area contributed by atoms with E-state index in [0.717, 1.165) is 11.3 Å². The molecule has 3 rings (SSSR count). The number of ether oxygens (including phenoxy) is 2. The van der Waals surface area contributed by atoms with E-state index in [1.54, 1.807) is 6.07 Å². The Morgan fingerprint density at radius 2 is 2.14 bits per heavy atom. The van der Waals surface area contributed by atoms with Crippen molar-refractivity contribution in [3.8, 4) is 11.5 Å². The van der Waals surface area contributed by atoms with Gasteiger partial charge in [-0.15, -0.1) is 0 Å². The number of hydrogen-bond donors (Lipinski definition) is 2. The Hall–Kier alpha value is -2.69. The van der Waals surface area contributed by atoms with Gasteiger partial charge in [-0.2, -0.15) is 0 Å². The summed E-state index contributed by atoms with van der Waals surface area (Å²) in [6.07, 6.45) is 0. The molecule has 1 aliphatic heterocycles. The van der Waals surface area contributed by atoms with Gasteiger partial charge in [0.15, 0.2) is 0 Å². The Bertz CT molecular complexity index is 684.